The van der Waals surface area contributed by atoms with Gasteiger partial charge in [-0.3, -0.25) is 0 Å². The van der Waals surface area contributed by atoms with Crippen LogP contribution in [0.5, 0.6) is 0 Å². The van der Waals surface area contributed by atoms with E-state index in [1.54, 1.807) is 6.08 Å². The van der Waals surface area contributed by atoms with Crippen molar-refractivity contribution in [2.45, 2.75) is 20.4 Å². The van der Waals surface area contributed by atoms with Gasteiger partial charge in [-0.05, 0) is 180 Å². The molecule has 6 heteroatoms. The van der Waals surface area contributed by atoms with Crippen LogP contribution in [0.25, 0.3) is 149 Å². The van der Waals surface area contributed by atoms with E-state index in [4.69, 9.17) is 4.42 Å². The van der Waals surface area contributed by atoms with Crippen molar-refractivity contribution in [3.8, 4) is 50.4 Å². The lowest BCUT2D eigenvalue weighted by Crippen LogP contribution is -2.00. The molecule has 5 heterocycles. The summed E-state index contributed by atoms with van der Waals surface area (Å²) in [5.41, 5.74) is 23.2. The topological polar surface area (TPSA) is 32.9 Å². The molecule has 13 aromatic carbocycles. The molecule has 0 fully saturated rings. The number of hydrogen-bond donors (Lipinski definition) is 0. The Morgan fingerprint density at radius 3 is 1.52 bits per heavy atom. The molecule has 91 heavy (non-hydrogen) atoms. The number of rotatable bonds is 8. The molecule has 5 nitrogen and oxygen atoms in total. The van der Waals surface area contributed by atoms with Crippen LogP contribution in [0.2, 0.25) is 0 Å². The summed E-state index contributed by atoms with van der Waals surface area (Å²) in [6.07, 6.45) is 3.91. The van der Waals surface area contributed by atoms with Gasteiger partial charge in [0.2, 0.25) is 0 Å². The number of fused-ring (bicyclic) bond motifs is 13. The molecule has 0 spiro atoms. The number of aryl methyl sites for hydroxylation is 1. The second kappa shape index (κ2) is 23.1. The summed E-state index contributed by atoms with van der Waals surface area (Å²) in [4.78, 5) is 0. The Morgan fingerprint density at radius 2 is 0.868 bits per heavy atom. The van der Waals surface area contributed by atoms with Crippen molar-refractivity contribution >= 4 is 114 Å². The second-order valence-electron chi connectivity index (χ2n) is 23.4. The first-order valence-electron chi connectivity index (χ1n) is 31.0. The lowest BCUT2D eigenvalue weighted by atomic mass is 9.97. The van der Waals surface area contributed by atoms with Crippen LogP contribution in [0.1, 0.15) is 18.1 Å². The van der Waals surface area contributed by atoms with Crippen LogP contribution in [-0.2, 0) is 6.54 Å². The number of benzene rings is 13. The monoisotopic (exact) mass is 1230 g/mol. The Balaban J connectivity index is 0.000000231. The molecule has 0 aliphatic carbocycles. The Labute approximate surface area is 536 Å². The molecule has 0 amide bonds. The van der Waals surface area contributed by atoms with Gasteiger partial charge in [-0.25, -0.2) is 0 Å². The maximum Gasteiger partial charge on any atom is 0.159 e. The summed E-state index contributed by atoms with van der Waals surface area (Å²) < 4.78 is 17.2. The third kappa shape index (κ3) is 9.71. The number of nitrogens with zero attached hydrogens (tertiary/aromatic N) is 4. The van der Waals surface area contributed by atoms with E-state index in [9.17, 15) is 0 Å². The third-order valence-corrected chi connectivity index (χ3v) is 18.4. The summed E-state index contributed by atoms with van der Waals surface area (Å²) in [6.45, 7) is 8.35. The maximum atomic E-state index is 6.73. The van der Waals surface area contributed by atoms with E-state index >= 15 is 0 Å². The van der Waals surface area contributed by atoms with Crippen molar-refractivity contribution in [2.24, 2.45) is 0 Å². The van der Waals surface area contributed by atoms with E-state index in [-0.39, 0.29) is 0 Å². The minimum Gasteiger partial charge on any atom is -0.454 e. The molecule has 0 aliphatic heterocycles. The Bertz CT molecular complexity index is 5760. The SMILES string of the molecule is Brc1cc(-c2ccc3c(c2)c2ccccc2n3-c2ccc3c(ccn3-c3ccccc3)c2)cc(-c2ccc3c(c2)c2ccccc2n3-c2cccc3c2oc2ccc(-c4ccccc4)cc23)c1.C=CC.Cc1ccccc1Cn1c2ccccc2c2ccccc21. The van der Waals surface area contributed by atoms with Crippen molar-refractivity contribution < 1.29 is 4.42 Å². The lowest BCUT2D eigenvalue weighted by Gasteiger charge is -2.11. The molecule has 0 saturated heterocycles. The minimum atomic E-state index is 0.880. The third-order valence-electron chi connectivity index (χ3n) is 18.0. The predicted molar refractivity (Wildman–Crippen MR) is 389 cm³/mol. The molecule has 0 saturated carbocycles. The van der Waals surface area contributed by atoms with Crippen LogP contribution < -0.4 is 0 Å². The van der Waals surface area contributed by atoms with Crippen LogP contribution in [0.4, 0.5) is 0 Å². The van der Waals surface area contributed by atoms with Gasteiger partial charge in [0, 0.05) is 88.1 Å². The van der Waals surface area contributed by atoms with Crippen LogP contribution in [0, 0.1) is 6.92 Å². The number of halogens is 1. The summed E-state index contributed by atoms with van der Waals surface area (Å²) in [6, 6.07) is 107. The van der Waals surface area contributed by atoms with Crippen LogP contribution in [-0.4, -0.2) is 18.3 Å². The van der Waals surface area contributed by atoms with E-state index < -0.39 is 0 Å². The fourth-order valence-corrected chi connectivity index (χ4v) is 14.2. The Kier molecular flexibility index (Phi) is 14.0. The average Bonchev–Trinajstić information content (AvgIpc) is 1.60. The first-order chi connectivity index (χ1) is 44.9. The van der Waals surface area contributed by atoms with Gasteiger partial charge < -0.3 is 22.7 Å². The highest BCUT2D eigenvalue weighted by Crippen LogP contribution is 2.43. The number of hydrogen-bond acceptors (Lipinski definition) is 1. The zero-order valence-corrected chi connectivity index (χ0v) is 52.0. The summed E-state index contributed by atoms with van der Waals surface area (Å²) in [5, 5.41) is 10.9. The Hall–Kier alpha value is -11.2. The standard InChI is InChI=1S/C62H38BrN3O.C20H17N.C3H6/c63-46-33-44(41-22-26-58-52(36-41)49-16-7-9-19-56(49)65(58)48-25-28-55-43(35-48)30-31-64(55)47-14-5-2-6-15-47)32-45(34-46)42-23-27-59-53(37-42)50-17-8-10-20-57(50)66(59)60-21-11-18-51-54-38-40(39-12-3-1-4-13-39)24-29-61(54)67-62(51)60;1-15-8-2-3-9-16(15)14-21-19-12-6-4-10-17(19)18-11-5-7-13-20(18)21;1-3-2/h1-38H;2-13H,14H2,1H3;3H,1H2,2H3. The molecular weight excluding hydrogens is 1170 g/mol. The van der Waals surface area contributed by atoms with Crippen LogP contribution in [0.3, 0.4) is 0 Å². The molecule has 0 atom stereocenters. The molecule has 0 N–H and O–H groups in total. The molecule has 18 rings (SSSR count). The predicted octanol–water partition coefficient (Wildman–Crippen LogP) is 23.8. The maximum absolute atomic E-state index is 6.73. The normalized spacial score (nSPS) is 11.5. The molecule has 0 aliphatic rings. The first-order valence-corrected chi connectivity index (χ1v) is 31.8. The van der Waals surface area contributed by atoms with Crippen molar-refractivity contribution in [3.63, 3.8) is 0 Å². The summed E-state index contributed by atoms with van der Waals surface area (Å²) >= 11 is 3.93. The smallest absolute Gasteiger partial charge is 0.159 e. The van der Waals surface area contributed by atoms with Gasteiger partial charge >= 0.3 is 0 Å². The van der Waals surface area contributed by atoms with Crippen molar-refractivity contribution in [3.05, 3.63) is 332 Å². The molecule has 0 bridgehead atoms. The van der Waals surface area contributed by atoms with Gasteiger partial charge in [-0.15, -0.1) is 6.58 Å². The molecule has 0 radical (unpaired) electrons. The number of allylic oxidation sites excluding steroid dienone is 1. The summed E-state index contributed by atoms with van der Waals surface area (Å²) in [5.74, 6) is 0. The first kappa shape index (κ1) is 55.2. The van der Waals surface area contributed by atoms with Gasteiger partial charge in [-0.1, -0.05) is 198 Å². The lowest BCUT2D eigenvalue weighted by molar-refractivity contribution is 0.666. The second-order valence-corrected chi connectivity index (χ2v) is 24.4. The van der Waals surface area contributed by atoms with E-state index in [0.29, 0.717) is 0 Å². The average molecular weight is 1230 g/mol. The number of aromatic nitrogens is 4. The molecule has 0 unspecified atom stereocenters. The van der Waals surface area contributed by atoms with E-state index in [0.717, 1.165) is 77.7 Å². The fraction of sp³-hybridized carbons (Fsp3) is 0.0353. The minimum absolute atomic E-state index is 0.880. The molecular formula is C85H61BrN4O. The quantitative estimate of drug-likeness (QED) is 0.140. The molecule has 18 aromatic rings. The highest BCUT2D eigenvalue weighted by Gasteiger charge is 2.21. The number of para-hydroxylation sites is 6. The van der Waals surface area contributed by atoms with E-state index in [1.807, 2.05) is 6.92 Å². The highest BCUT2D eigenvalue weighted by atomic mass is 79.9. The van der Waals surface area contributed by atoms with E-state index in [2.05, 4.69) is 351 Å². The van der Waals surface area contributed by atoms with E-state index in [1.165, 1.54) is 93.1 Å². The van der Waals surface area contributed by atoms with Gasteiger partial charge in [0.15, 0.2) is 5.58 Å². The highest BCUT2D eigenvalue weighted by molar-refractivity contribution is 9.10. The van der Waals surface area contributed by atoms with Gasteiger partial charge in [0.05, 0.1) is 33.3 Å². The number of furan rings is 1. The van der Waals surface area contributed by atoms with Crippen molar-refractivity contribution in [2.75, 3.05) is 0 Å². The van der Waals surface area contributed by atoms with Gasteiger partial charge in [0.1, 0.15) is 5.58 Å². The van der Waals surface area contributed by atoms with Crippen LogP contribution in [0.15, 0.2) is 325 Å². The van der Waals surface area contributed by atoms with Gasteiger partial charge in [-0.2, -0.15) is 0 Å². The van der Waals surface area contributed by atoms with Crippen LogP contribution >= 0.6 is 15.9 Å². The van der Waals surface area contributed by atoms with Crippen molar-refractivity contribution in [1.29, 1.82) is 0 Å². The zero-order chi connectivity index (χ0) is 61.1. The molecule has 5 aromatic heterocycles. The summed E-state index contributed by atoms with van der Waals surface area (Å²) in [7, 11) is 0. The largest absolute Gasteiger partial charge is 0.454 e. The molecule has 434 valence electrons. The van der Waals surface area contributed by atoms with Crippen molar-refractivity contribution in [1.82, 2.24) is 18.3 Å². The fourth-order valence-electron chi connectivity index (χ4n) is 13.7. The zero-order valence-electron chi connectivity index (χ0n) is 50.4. The Morgan fingerprint density at radius 1 is 0.374 bits per heavy atom. The van der Waals surface area contributed by atoms with Gasteiger partial charge in [0.25, 0.3) is 0 Å².